The second kappa shape index (κ2) is 8.61. The van der Waals surface area contributed by atoms with Gasteiger partial charge in [-0.25, -0.2) is 4.98 Å². The van der Waals surface area contributed by atoms with Crippen molar-refractivity contribution in [1.82, 2.24) is 4.98 Å². The van der Waals surface area contributed by atoms with E-state index in [1.165, 1.54) is 6.92 Å². The van der Waals surface area contributed by atoms with Crippen molar-refractivity contribution in [3.63, 3.8) is 0 Å². The van der Waals surface area contributed by atoms with E-state index in [9.17, 15) is 9.59 Å². The lowest BCUT2D eigenvalue weighted by atomic mass is 9.95. The molecule has 1 aromatic heterocycles. The first-order chi connectivity index (χ1) is 12.3. The van der Waals surface area contributed by atoms with Crippen molar-refractivity contribution in [3.05, 3.63) is 46.6 Å². The highest BCUT2D eigenvalue weighted by molar-refractivity contribution is 5.83. The third-order valence-electron chi connectivity index (χ3n) is 4.28. The van der Waals surface area contributed by atoms with Gasteiger partial charge in [-0.05, 0) is 44.9 Å². The molecular formula is C21H25NO4. The number of rotatable bonds is 7. The standard InChI is InChI=1S/C21H25NO4/c1-13-11-20(19-8-6-7-18(12-23)15(19)3)16(4)22-21(13)25-10-9-14(2)26-17(5)24/h6-8,11-12,14H,9-10H2,1-5H3/t14-/m1/s1. The van der Waals surface area contributed by atoms with Crippen LogP contribution in [0.4, 0.5) is 0 Å². The SMILES string of the molecule is CC(=O)O[C@H](C)CCOc1nc(C)c(-c2cccc(C=O)c2C)cc1C. The lowest BCUT2D eigenvalue weighted by Crippen LogP contribution is -2.16. The molecule has 0 aliphatic carbocycles. The van der Waals surface area contributed by atoms with Crippen LogP contribution in [0.15, 0.2) is 24.3 Å². The highest BCUT2D eigenvalue weighted by Crippen LogP contribution is 2.30. The van der Waals surface area contributed by atoms with Gasteiger partial charge in [-0.1, -0.05) is 18.2 Å². The number of pyridine rings is 1. The van der Waals surface area contributed by atoms with Crippen LogP contribution >= 0.6 is 0 Å². The quantitative estimate of drug-likeness (QED) is 0.550. The normalized spacial score (nSPS) is 11.7. The van der Waals surface area contributed by atoms with Gasteiger partial charge >= 0.3 is 5.97 Å². The summed E-state index contributed by atoms with van der Waals surface area (Å²) in [6, 6.07) is 7.71. The highest BCUT2D eigenvalue weighted by Gasteiger charge is 2.13. The number of carbonyl (C=O) groups excluding carboxylic acids is 2. The molecule has 1 atom stereocenters. The summed E-state index contributed by atoms with van der Waals surface area (Å²) in [4.78, 5) is 26.7. The van der Waals surface area contributed by atoms with Crippen molar-refractivity contribution >= 4 is 12.3 Å². The van der Waals surface area contributed by atoms with E-state index in [1.807, 2.05) is 52.0 Å². The van der Waals surface area contributed by atoms with Gasteiger partial charge in [-0.15, -0.1) is 0 Å². The Morgan fingerprint density at radius 1 is 1.23 bits per heavy atom. The Kier molecular flexibility index (Phi) is 6.50. The maximum atomic E-state index is 11.2. The maximum absolute atomic E-state index is 11.2. The van der Waals surface area contributed by atoms with Gasteiger partial charge < -0.3 is 9.47 Å². The molecule has 1 aromatic carbocycles. The summed E-state index contributed by atoms with van der Waals surface area (Å²) in [6.07, 6.45) is 1.28. The van der Waals surface area contributed by atoms with E-state index in [2.05, 4.69) is 4.98 Å². The molecule has 26 heavy (non-hydrogen) atoms. The van der Waals surface area contributed by atoms with Crippen LogP contribution in [-0.2, 0) is 9.53 Å². The molecule has 0 bridgehead atoms. The molecule has 0 amide bonds. The van der Waals surface area contributed by atoms with Crippen LogP contribution in [-0.4, -0.2) is 30.0 Å². The summed E-state index contributed by atoms with van der Waals surface area (Å²) >= 11 is 0. The summed E-state index contributed by atoms with van der Waals surface area (Å²) in [7, 11) is 0. The molecule has 0 saturated carbocycles. The zero-order valence-electron chi connectivity index (χ0n) is 16.0. The van der Waals surface area contributed by atoms with Gasteiger partial charge in [0.25, 0.3) is 0 Å². The Balaban J connectivity index is 2.18. The summed E-state index contributed by atoms with van der Waals surface area (Å²) in [5.41, 5.74) is 5.36. The molecule has 0 radical (unpaired) electrons. The first-order valence-electron chi connectivity index (χ1n) is 8.67. The number of esters is 1. The molecule has 0 unspecified atom stereocenters. The predicted molar refractivity (Wildman–Crippen MR) is 101 cm³/mol. The molecule has 0 aliphatic heterocycles. The van der Waals surface area contributed by atoms with Gasteiger partial charge in [-0.3, -0.25) is 9.59 Å². The Labute approximate surface area is 154 Å². The lowest BCUT2D eigenvalue weighted by molar-refractivity contribution is -0.145. The predicted octanol–water partition coefficient (Wildman–Crippen LogP) is 4.21. The van der Waals surface area contributed by atoms with E-state index in [0.29, 0.717) is 24.5 Å². The monoisotopic (exact) mass is 355 g/mol. The topological polar surface area (TPSA) is 65.5 Å². The summed E-state index contributed by atoms with van der Waals surface area (Å²) < 4.78 is 10.9. The number of nitrogens with zero attached hydrogens (tertiary/aromatic N) is 1. The molecule has 5 nitrogen and oxygen atoms in total. The molecular weight excluding hydrogens is 330 g/mol. The van der Waals surface area contributed by atoms with Crippen LogP contribution in [0.5, 0.6) is 5.88 Å². The largest absolute Gasteiger partial charge is 0.477 e. The number of hydrogen-bond acceptors (Lipinski definition) is 5. The highest BCUT2D eigenvalue weighted by atomic mass is 16.5. The summed E-state index contributed by atoms with van der Waals surface area (Å²) in [5.74, 6) is 0.283. The van der Waals surface area contributed by atoms with Crippen LogP contribution in [0, 0.1) is 20.8 Å². The first-order valence-corrected chi connectivity index (χ1v) is 8.67. The van der Waals surface area contributed by atoms with Crippen LogP contribution in [0.1, 0.15) is 47.4 Å². The van der Waals surface area contributed by atoms with Crippen LogP contribution in [0.3, 0.4) is 0 Å². The molecule has 0 fully saturated rings. The molecule has 0 aliphatic rings. The van der Waals surface area contributed by atoms with Gasteiger partial charge in [0.15, 0.2) is 0 Å². The Morgan fingerprint density at radius 2 is 1.96 bits per heavy atom. The van der Waals surface area contributed by atoms with E-state index in [4.69, 9.17) is 9.47 Å². The van der Waals surface area contributed by atoms with Crippen molar-refractivity contribution in [1.29, 1.82) is 0 Å². The maximum Gasteiger partial charge on any atom is 0.302 e. The zero-order chi connectivity index (χ0) is 19.3. The van der Waals surface area contributed by atoms with Crippen LogP contribution in [0.25, 0.3) is 11.1 Å². The minimum atomic E-state index is -0.292. The molecule has 0 N–H and O–H groups in total. The molecule has 0 spiro atoms. The Bertz CT molecular complexity index is 814. The summed E-state index contributed by atoms with van der Waals surface area (Å²) in [5, 5.41) is 0. The van der Waals surface area contributed by atoms with E-state index in [0.717, 1.165) is 34.2 Å². The average Bonchev–Trinajstić information content (AvgIpc) is 2.57. The number of carbonyl (C=O) groups is 2. The second-order valence-electron chi connectivity index (χ2n) is 6.44. The number of aldehydes is 1. The van der Waals surface area contributed by atoms with Gasteiger partial charge in [0.05, 0.1) is 6.61 Å². The molecule has 0 saturated heterocycles. The third kappa shape index (κ3) is 4.69. The number of benzene rings is 1. The Morgan fingerprint density at radius 3 is 2.62 bits per heavy atom. The smallest absolute Gasteiger partial charge is 0.302 e. The number of aromatic nitrogens is 1. The lowest BCUT2D eigenvalue weighted by Gasteiger charge is -2.16. The fourth-order valence-electron chi connectivity index (χ4n) is 2.84. The fraction of sp³-hybridized carbons (Fsp3) is 0.381. The zero-order valence-corrected chi connectivity index (χ0v) is 16.0. The van der Waals surface area contributed by atoms with E-state index >= 15 is 0 Å². The summed E-state index contributed by atoms with van der Waals surface area (Å²) in [6.45, 7) is 9.46. The molecule has 5 heteroatoms. The third-order valence-corrected chi connectivity index (χ3v) is 4.28. The second-order valence-corrected chi connectivity index (χ2v) is 6.44. The van der Waals surface area contributed by atoms with E-state index < -0.39 is 0 Å². The molecule has 138 valence electrons. The minimum absolute atomic E-state index is 0.193. The van der Waals surface area contributed by atoms with Crippen LogP contribution in [0.2, 0.25) is 0 Å². The van der Waals surface area contributed by atoms with E-state index in [-0.39, 0.29) is 12.1 Å². The molecule has 1 heterocycles. The van der Waals surface area contributed by atoms with E-state index in [1.54, 1.807) is 0 Å². The van der Waals surface area contributed by atoms with Crippen molar-refractivity contribution in [2.45, 2.75) is 47.1 Å². The molecule has 2 aromatic rings. The van der Waals surface area contributed by atoms with Crippen molar-refractivity contribution in [2.75, 3.05) is 6.61 Å². The van der Waals surface area contributed by atoms with Gasteiger partial charge in [0.2, 0.25) is 5.88 Å². The number of hydrogen-bond donors (Lipinski definition) is 0. The van der Waals surface area contributed by atoms with Gasteiger partial charge in [-0.2, -0.15) is 0 Å². The first kappa shape index (κ1) is 19.6. The van der Waals surface area contributed by atoms with Crippen LogP contribution < -0.4 is 4.74 Å². The van der Waals surface area contributed by atoms with Crippen molar-refractivity contribution in [3.8, 4) is 17.0 Å². The average molecular weight is 355 g/mol. The van der Waals surface area contributed by atoms with Crippen molar-refractivity contribution in [2.24, 2.45) is 0 Å². The number of ether oxygens (including phenoxy) is 2. The minimum Gasteiger partial charge on any atom is -0.477 e. The number of aryl methyl sites for hydroxylation is 2. The van der Waals surface area contributed by atoms with Gasteiger partial charge in [0.1, 0.15) is 12.4 Å². The fourth-order valence-corrected chi connectivity index (χ4v) is 2.84. The molecule has 2 rings (SSSR count). The van der Waals surface area contributed by atoms with Crippen molar-refractivity contribution < 1.29 is 19.1 Å². The van der Waals surface area contributed by atoms with Gasteiger partial charge in [0, 0.05) is 35.7 Å². The Hall–Kier alpha value is -2.69.